The van der Waals surface area contributed by atoms with E-state index >= 15 is 0 Å². The molecule has 0 atom stereocenters. The third kappa shape index (κ3) is 3.71. The van der Waals surface area contributed by atoms with Gasteiger partial charge in [0.15, 0.2) is 5.69 Å². The Morgan fingerprint density at radius 3 is 2.58 bits per heavy atom. The standard InChI is InChI=1S/C19H24N4O3/c1-2-3-11-22-16(20)15(17(24)21-19(22)26)23(18(25)14-9-10-14)12-13-7-5-4-6-8-13/h4-8,14H,2-3,9-12,20H2,1H3,(H,21,24,26). The fourth-order valence-electron chi connectivity index (χ4n) is 2.96. The lowest BCUT2D eigenvalue weighted by atomic mass is 10.2. The second-order valence-corrected chi connectivity index (χ2v) is 6.68. The SMILES string of the molecule is CCCCn1c(N)c(N(Cc2ccccc2)C(=O)C2CC2)c(=O)[nH]c1=O. The molecule has 0 unspecified atom stereocenters. The van der Waals surface area contributed by atoms with E-state index < -0.39 is 11.2 Å². The Hall–Kier alpha value is -2.83. The van der Waals surface area contributed by atoms with Crippen molar-refractivity contribution in [2.24, 2.45) is 5.92 Å². The molecule has 1 aliphatic carbocycles. The Bertz CT molecular complexity index is 897. The lowest BCUT2D eigenvalue weighted by molar-refractivity contribution is -0.119. The Labute approximate surface area is 151 Å². The van der Waals surface area contributed by atoms with E-state index in [1.807, 2.05) is 37.3 Å². The summed E-state index contributed by atoms with van der Waals surface area (Å²) in [6.07, 6.45) is 3.27. The van der Waals surface area contributed by atoms with Crippen molar-refractivity contribution in [3.8, 4) is 0 Å². The number of carbonyl (C=O) groups excluding carboxylic acids is 1. The zero-order valence-corrected chi connectivity index (χ0v) is 14.9. The minimum absolute atomic E-state index is 0.0529. The lowest BCUT2D eigenvalue weighted by Crippen LogP contribution is -2.41. The Balaban J connectivity index is 2.06. The Morgan fingerprint density at radius 2 is 1.96 bits per heavy atom. The van der Waals surface area contributed by atoms with E-state index in [-0.39, 0.29) is 29.9 Å². The smallest absolute Gasteiger partial charge is 0.330 e. The van der Waals surface area contributed by atoms with Crippen molar-refractivity contribution in [2.75, 3.05) is 10.6 Å². The van der Waals surface area contributed by atoms with E-state index in [4.69, 9.17) is 5.73 Å². The average Bonchev–Trinajstić information content (AvgIpc) is 3.46. The van der Waals surface area contributed by atoms with Gasteiger partial charge in [-0.15, -0.1) is 0 Å². The van der Waals surface area contributed by atoms with Gasteiger partial charge in [-0.05, 0) is 24.8 Å². The lowest BCUT2D eigenvalue weighted by Gasteiger charge is -2.24. The second kappa shape index (κ2) is 7.59. The molecule has 3 N–H and O–H groups in total. The molecular formula is C19H24N4O3. The highest BCUT2D eigenvalue weighted by molar-refractivity contribution is 5.98. The number of anilines is 2. The first-order chi connectivity index (χ1) is 12.5. The summed E-state index contributed by atoms with van der Waals surface area (Å²) in [4.78, 5) is 41.3. The van der Waals surface area contributed by atoms with Gasteiger partial charge in [0.1, 0.15) is 5.82 Å². The number of nitrogens with one attached hydrogen (secondary N) is 1. The molecule has 1 aromatic carbocycles. The van der Waals surface area contributed by atoms with Gasteiger partial charge in [-0.1, -0.05) is 43.7 Å². The van der Waals surface area contributed by atoms with Gasteiger partial charge in [0.05, 0.1) is 6.54 Å². The van der Waals surface area contributed by atoms with E-state index in [2.05, 4.69) is 4.98 Å². The van der Waals surface area contributed by atoms with Crippen LogP contribution in [0.25, 0.3) is 0 Å². The van der Waals surface area contributed by atoms with Crippen molar-refractivity contribution in [1.29, 1.82) is 0 Å². The zero-order chi connectivity index (χ0) is 18.7. The van der Waals surface area contributed by atoms with Crippen molar-refractivity contribution >= 4 is 17.4 Å². The summed E-state index contributed by atoms with van der Waals surface area (Å²) in [5.41, 5.74) is 5.99. The van der Waals surface area contributed by atoms with Gasteiger partial charge < -0.3 is 5.73 Å². The molecule has 0 spiro atoms. The predicted octanol–water partition coefficient (Wildman–Crippen LogP) is 1.86. The second-order valence-electron chi connectivity index (χ2n) is 6.68. The number of amides is 1. The van der Waals surface area contributed by atoms with Gasteiger partial charge in [0.25, 0.3) is 5.56 Å². The van der Waals surface area contributed by atoms with Crippen LogP contribution in [0.3, 0.4) is 0 Å². The number of benzene rings is 1. The number of nitrogens with two attached hydrogens (primary N) is 1. The maximum Gasteiger partial charge on any atom is 0.330 e. The number of carbonyl (C=O) groups is 1. The number of unbranched alkanes of at least 4 members (excludes halogenated alkanes) is 1. The molecule has 1 saturated carbocycles. The van der Waals surface area contributed by atoms with Crippen molar-refractivity contribution in [3.05, 3.63) is 56.7 Å². The van der Waals surface area contributed by atoms with E-state index in [0.29, 0.717) is 6.54 Å². The molecule has 1 aliphatic rings. The summed E-state index contributed by atoms with van der Waals surface area (Å²) in [7, 11) is 0. The van der Waals surface area contributed by atoms with E-state index in [9.17, 15) is 14.4 Å². The number of nitrogen functional groups attached to an aromatic ring is 1. The van der Waals surface area contributed by atoms with Gasteiger partial charge in [-0.3, -0.25) is 24.0 Å². The molecule has 0 radical (unpaired) electrons. The molecule has 1 aromatic heterocycles. The fraction of sp³-hybridized carbons (Fsp3) is 0.421. The van der Waals surface area contributed by atoms with Gasteiger partial charge in [-0.25, -0.2) is 4.79 Å². The maximum absolute atomic E-state index is 12.9. The van der Waals surface area contributed by atoms with Crippen LogP contribution >= 0.6 is 0 Å². The van der Waals surface area contributed by atoms with Gasteiger partial charge in [-0.2, -0.15) is 0 Å². The van der Waals surface area contributed by atoms with E-state index in [0.717, 1.165) is 31.2 Å². The first-order valence-corrected chi connectivity index (χ1v) is 9.00. The van der Waals surface area contributed by atoms with E-state index in [1.165, 1.54) is 9.47 Å². The topological polar surface area (TPSA) is 101 Å². The zero-order valence-electron chi connectivity index (χ0n) is 14.9. The summed E-state index contributed by atoms with van der Waals surface area (Å²) < 4.78 is 1.35. The number of aromatic nitrogens is 2. The molecule has 0 saturated heterocycles. The summed E-state index contributed by atoms with van der Waals surface area (Å²) in [5, 5.41) is 0. The summed E-state index contributed by atoms with van der Waals surface area (Å²) >= 11 is 0. The summed E-state index contributed by atoms with van der Waals surface area (Å²) in [6, 6.07) is 9.44. The average molecular weight is 356 g/mol. The number of hydrogen-bond donors (Lipinski definition) is 2. The van der Waals surface area contributed by atoms with Crippen LogP contribution in [0.2, 0.25) is 0 Å². The molecule has 7 heteroatoms. The maximum atomic E-state index is 12.9. The fourth-order valence-corrected chi connectivity index (χ4v) is 2.96. The van der Waals surface area contributed by atoms with Gasteiger partial charge in [0, 0.05) is 12.5 Å². The normalized spacial score (nSPS) is 13.6. The molecule has 26 heavy (non-hydrogen) atoms. The van der Waals surface area contributed by atoms with Crippen LogP contribution in [-0.2, 0) is 17.9 Å². The molecule has 0 aliphatic heterocycles. The molecule has 7 nitrogen and oxygen atoms in total. The number of aromatic amines is 1. The molecule has 1 amide bonds. The van der Waals surface area contributed by atoms with Gasteiger partial charge in [0.2, 0.25) is 5.91 Å². The molecular weight excluding hydrogens is 332 g/mol. The number of rotatable bonds is 7. The van der Waals surface area contributed by atoms with E-state index in [1.54, 1.807) is 0 Å². The quantitative estimate of drug-likeness (QED) is 0.790. The van der Waals surface area contributed by atoms with Crippen molar-refractivity contribution < 1.29 is 4.79 Å². The summed E-state index contributed by atoms with van der Waals surface area (Å²) in [5.74, 6) is -0.141. The molecule has 2 aromatic rings. The largest absolute Gasteiger partial charge is 0.383 e. The van der Waals surface area contributed by atoms with Crippen LogP contribution in [0.5, 0.6) is 0 Å². The highest BCUT2D eigenvalue weighted by Crippen LogP contribution is 2.33. The van der Waals surface area contributed by atoms with Gasteiger partial charge >= 0.3 is 5.69 Å². The van der Waals surface area contributed by atoms with Crippen molar-refractivity contribution in [1.82, 2.24) is 9.55 Å². The molecule has 1 fully saturated rings. The Kier molecular flexibility index (Phi) is 5.25. The molecule has 0 bridgehead atoms. The van der Waals surface area contributed by atoms with Crippen LogP contribution in [-0.4, -0.2) is 15.5 Å². The predicted molar refractivity (Wildman–Crippen MR) is 101 cm³/mol. The minimum atomic E-state index is -0.620. The number of H-pyrrole nitrogens is 1. The summed E-state index contributed by atoms with van der Waals surface area (Å²) in [6.45, 7) is 2.66. The Morgan fingerprint density at radius 1 is 1.27 bits per heavy atom. The first-order valence-electron chi connectivity index (χ1n) is 9.00. The van der Waals surface area contributed by atoms with Crippen LogP contribution in [0, 0.1) is 5.92 Å². The van der Waals surface area contributed by atoms with Crippen LogP contribution in [0.15, 0.2) is 39.9 Å². The number of hydrogen-bond acceptors (Lipinski definition) is 4. The first kappa shape index (κ1) is 18.0. The third-order valence-electron chi connectivity index (χ3n) is 4.60. The minimum Gasteiger partial charge on any atom is -0.383 e. The molecule has 1 heterocycles. The highest BCUT2D eigenvalue weighted by atomic mass is 16.2. The van der Waals surface area contributed by atoms with Crippen LogP contribution in [0.4, 0.5) is 11.5 Å². The third-order valence-corrected chi connectivity index (χ3v) is 4.60. The van der Waals surface area contributed by atoms with Crippen molar-refractivity contribution in [2.45, 2.75) is 45.7 Å². The number of nitrogens with zero attached hydrogens (tertiary/aromatic N) is 2. The molecule has 138 valence electrons. The van der Waals surface area contributed by atoms with Crippen LogP contribution < -0.4 is 21.9 Å². The van der Waals surface area contributed by atoms with Crippen molar-refractivity contribution in [3.63, 3.8) is 0 Å². The monoisotopic (exact) mass is 356 g/mol. The van der Waals surface area contributed by atoms with Crippen LogP contribution in [0.1, 0.15) is 38.2 Å². The molecule has 3 rings (SSSR count). The highest BCUT2D eigenvalue weighted by Gasteiger charge is 2.36.